The molecule has 1 amide bonds. The van der Waals surface area contributed by atoms with Crippen LogP contribution in [0.3, 0.4) is 0 Å². The first kappa shape index (κ1) is 19.2. The summed E-state index contributed by atoms with van der Waals surface area (Å²) in [5.74, 6) is -0.877. The molecule has 0 bridgehead atoms. The molecule has 0 atom stereocenters. The van der Waals surface area contributed by atoms with Gasteiger partial charge in [0.2, 0.25) is 5.91 Å². The van der Waals surface area contributed by atoms with Gasteiger partial charge in [0.25, 0.3) is 0 Å². The smallest absolute Gasteiger partial charge is 0.416 e. The molecule has 0 spiro atoms. The molecule has 2 aromatic rings. The first-order valence-electron chi connectivity index (χ1n) is 7.56. The van der Waals surface area contributed by atoms with Gasteiger partial charge < -0.3 is 10.1 Å². The molecule has 4 nitrogen and oxygen atoms in total. The molecule has 26 heavy (non-hydrogen) atoms. The number of ether oxygens (including phenoxy) is 1. The second-order valence-corrected chi connectivity index (χ2v) is 5.43. The standard InChI is InChI=1S/C19H16F3NO3/c1-12(24)23-17-9-8-15(18(25)26-2)11-14(17)7-6-13-4-3-5-16(10-13)19(20,21)22/h3-11H,1-2H3,(H,23,24)/b7-6+. The van der Waals surface area contributed by atoms with Crippen molar-refractivity contribution in [3.05, 3.63) is 64.7 Å². The normalized spacial score (nSPS) is 11.4. The van der Waals surface area contributed by atoms with Crippen LogP contribution < -0.4 is 5.32 Å². The van der Waals surface area contributed by atoms with E-state index in [1.165, 1.54) is 56.5 Å². The number of hydrogen-bond acceptors (Lipinski definition) is 3. The summed E-state index contributed by atoms with van der Waals surface area (Å²) in [5, 5.41) is 2.61. The van der Waals surface area contributed by atoms with E-state index in [4.69, 9.17) is 0 Å². The van der Waals surface area contributed by atoms with Gasteiger partial charge in [0.05, 0.1) is 18.2 Å². The Morgan fingerprint density at radius 2 is 1.81 bits per heavy atom. The Kier molecular flexibility index (Phi) is 5.82. The fraction of sp³-hybridized carbons (Fsp3) is 0.158. The summed E-state index contributed by atoms with van der Waals surface area (Å²) in [5.41, 5.74) is 0.710. The van der Waals surface area contributed by atoms with Crippen LogP contribution in [-0.2, 0) is 15.7 Å². The van der Waals surface area contributed by atoms with Gasteiger partial charge in [-0.2, -0.15) is 13.2 Å². The van der Waals surface area contributed by atoms with Gasteiger partial charge in [0, 0.05) is 12.6 Å². The molecule has 0 aliphatic carbocycles. The third-order valence-electron chi connectivity index (χ3n) is 3.45. The van der Waals surface area contributed by atoms with Crippen molar-refractivity contribution in [1.82, 2.24) is 0 Å². The lowest BCUT2D eigenvalue weighted by Gasteiger charge is -2.09. The Balaban J connectivity index is 2.41. The lowest BCUT2D eigenvalue weighted by atomic mass is 10.1. The van der Waals surface area contributed by atoms with Crippen molar-refractivity contribution >= 4 is 29.7 Å². The zero-order chi connectivity index (χ0) is 19.3. The number of carbonyl (C=O) groups is 2. The Morgan fingerprint density at radius 3 is 2.42 bits per heavy atom. The van der Waals surface area contributed by atoms with E-state index in [1.54, 1.807) is 0 Å². The number of nitrogens with one attached hydrogen (secondary N) is 1. The molecular formula is C19H16F3NO3. The molecule has 0 radical (unpaired) electrons. The first-order chi connectivity index (χ1) is 12.2. The summed E-state index contributed by atoms with van der Waals surface area (Å²) in [6, 6.07) is 9.33. The van der Waals surface area contributed by atoms with E-state index in [0.717, 1.165) is 12.1 Å². The highest BCUT2D eigenvalue weighted by atomic mass is 19.4. The summed E-state index contributed by atoms with van der Waals surface area (Å²) in [6.45, 7) is 1.33. The van der Waals surface area contributed by atoms with Crippen molar-refractivity contribution < 1.29 is 27.5 Å². The number of benzene rings is 2. The Hall–Kier alpha value is -3.09. The number of methoxy groups -OCH3 is 1. The molecular weight excluding hydrogens is 347 g/mol. The minimum atomic E-state index is -4.43. The molecule has 1 N–H and O–H groups in total. The topological polar surface area (TPSA) is 55.4 Å². The van der Waals surface area contributed by atoms with Crippen molar-refractivity contribution in [3.8, 4) is 0 Å². The summed E-state index contributed by atoms with van der Waals surface area (Å²) >= 11 is 0. The van der Waals surface area contributed by atoms with Crippen molar-refractivity contribution in [2.75, 3.05) is 12.4 Å². The van der Waals surface area contributed by atoms with Crippen LogP contribution in [0.15, 0.2) is 42.5 Å². The van der Waals surface area contributed by atoms with E-state index in [9.17, 15) is 22.8 Å². The number of rotatable bonds is 4. The van der Waals surface area contributed by atoms with E-state index in [-0.39, 0.29) is 11.5 Å². The van der Waals surface area contributed by atoms with Crippen molar-refractivity contribution in [2.45, 2.75) is 13.1 Å². The van der Waals surface area contributed by atoms with E-state index in [2.05, 4.69) is 10.1 Å². The largest absolute Gasteiger partial charge is 0.465 e. The minimum Gasteiger partial charge on any atom is -0.465 e. The molecule has 0 saturated carbocycles. The van der Waals surface area contributed by atoms with Crippen molar-refractivity contribution in [2.24, 2.45) is 0 Å². The van der Waals surface area contributed by atoms with E-state index in [0.29, 0.717) is 16.8 Å². The fourth-order valence-corrected chi connectivity index (χ4v) is 2.25. The zero-order valence-electron chi connectivity index (χ0n) is 14.1. The molecule has 7 heteroatoms. The number of carbonyl (C=O) groups excluding carboxylic acids is 2. The average Bonchev–Trinajstić information content (AvgIpc) is 2.59. The zero-order valence-corrected chi connectivity index (χ0v) is 14.1. The van der Waals surface area contributed by atoms with Gasteiger partial charge in [0.1, 0.15) is 0 Å². The summed E-state index contributed by atoms with van der Waals surface area (Å²) in [4.78, 5) is 23.0. The third-order valence-corrected chi connectivity index (χ3v) is 3.45. The van der Waals surface area contributed by atoms with Crippen LogP contribution in [0.5, 0.6) is 0 Å². The molecule has 0 aliphatic heterocycles. The highest BCUT2D eigenvalue weighted by Gasteiger charge is 2.30. The monoisotopic (exact) mass is 363 g/mol. The summed E-state index contributed by atoms with van der Waals surface area (Å²) in [7, 11) is 1.24. The molecule has 0 aliphatic rings. The predicted molar refractivity (Wildman–Crippen MR) is 92.5 cm³/mol. The van der Waals surface area contributed by atoms with Gasteiger partial charge in [-0.15, -0.1) is 0 Å². The predicted octanol–water partition coefficient (Wildman–Crippen LogP) is 4.62. The quantitative estimate of drug-likeness (QED) is 0.637. The van der Waals surface area contributed by atoms with E-state index < -0.39 is 17.7 Å². The van der Waals surface area contributed by atoms with Gasteiger partial charge >= 0.3 is 12.1 Å². The van der Waals surface area contributed by atoms with Crippen molar-refractivity contribution in [1.29, 1.82) is 0 Å². The average molecular weight is 363 g/mol. The number of hydrogen-bond donors (Lipinski definition) is 1. The Labute approximate surface area is 148 Å². The summed E-state index contributed by atoms with van der Waals surface area (Å²) in [6.07, 6.45) is -1.44. The van der Waals surface area contributed by atoms with E-state index in [1.807, 2.05) is 0 Å². The van der Waals surface area contributed by atoms with Crippen molar-refractivity contribution in [3.63, 3.8) is 0 Å². The van der Waals surface area contributed by atoms with Crippen LogP contribution >= 0.6 is 0 Å². The van der Waals surface area contributed by atoms with Crippen LogP contribution in [0, 0.1) is 0 Å². The number of halogens is 3. The number of alkyl halides is 3. The third kappa shape index (κ3) is 4.95. The van der Waals surface area contributed by atoms with Crippen LogP contribution in [0.1, 0.15) is 34.0 Å². The lowest BCUT2D eigenvalue weighted by Crippen LogP contribution is -2.08. The number of amides is 1. The Bertz CT molecular complexity index is 857. The fourth-order valence-electron chi connectivity index (χ4n) is 2.25. The maximum absolute atomic E-state index is 12.8. The highest BCUT2D eigenvalue weighted by molar-refractivity contribution is 5.95. The van der Waals surface area contributed by atoms with Gasteiger partial charge in [-0.3, -0.25) is 4.79 Å². The number of esters is 1. The lowest BCUT2D eigenvalue weighted by molar-refractivity contribution is -0.137. The van der Waals surface area contributed by atoms with Gasteiger partial charge in [-0.1, -0.05) is 24.3 Å². The molecule has 0 fully saturated rings. The second kappa shape index (κ2) is 7.86. The molecule has 0 aromatic heterocycles. The number of anilines is 1. The van der Waals surface area contributed by atoms with Gasteiger partial charge in [-0.05, 0) is 41.5 Å². The molecule has 0 heterocycles. The van der Waals surface area contributed by atoms with Crippen LogP contribution in [-0.4, -0.2) is 19.0 Å². The van der Waals surface area contributed by atoms with Gasteiger partial charge in [0.15, 0.2) is 0 Å². The molecule has 2 rings (SSSR count). The maximum atomic E-state index is 12.8. The molecule has 0 saturated heterocycles. The summed E-state index contributed by atoms with van der Waals surface area (Å²) < 4.78 is 43.0. The Morgan fingerprint density at radius 1 is 1.08 bits per heavy atom. The second-order valence-electron chi connectivity index (χ2n) is 5.43. The van der Waals surface area contributed by atoms with Crippen LogP contribution in [0.4, 0.5) is 18.9 Å². The molecule has 0 unspecified atom stereocenters. The van der Waals surface area contributed by atoms with Crippen LogP contribution in [0.25, 0.3) is 12.2 Å². The minimum absolute atomic E-state index is 0.255. The van der Waals surface area contributed by atoms with Gasteiger partial charge in [-0.25, -0.2) is 4.79 Å². The molecule has 136 valence electrons. The van der Waals surface area contributed by atoms with E-state index >= 15 is 0 Å². The SMILES string of the molecule is COC(=O)c1ccc(NC(C)=O)c(/C=C/c2cccc(C(F)(F)F)c2)c1. The molecule has 2 aromatic carbocycles. The maximum Gasteiger partial charge on any atom is 0.416 e. The first-order valence-corrected chi connectivity index (χ1v) is 7.56. The highest BCUT2D eigenvalue weighted by Crippen LogP contribution is 2.30. The van der Waals surface area contributed by atoms with Crippen LogP contribution in [0.2, 0.25) is 0 Å².